The number of halogens is 1. The highest BCUT2D eigenvalue weighted by Crippen LogP contribution is 2.09. The summed E-state index contributed by atoms with van der Waals surface area (Å²) in [5, 5.41) is 10.4. The van der Waals surface area contributed by atoms with E-state index >= 15 is 0 Å². The summed E-state index contributed by atoms with van der Waals surface area (Å²) < 4.78 is 0. The third-order valence-corrected chi connectivity index (χ3v) is 1.67. The van der Waals surface area contributed by atoms with Crippen molar-refractivity contribution in [2.45, 2.75) is 5.88 Å². The molecule has 0 unspecified atom stereocenters. The van der Waals surface area contributed by atoms with Crippen LogP contribution in [0, 0.1) is 0 Å². The summed E-state index contributed by atoms with van der Waals surface area (Å²) in [5.41, 5.74) is 0.761. The lowest BCUT2D eigenvalue weighted by Gasteiger charge is -2.05. The molecule has 0 aromatic heterocycles. The molecule has 58 valence electrons. The molecule has 0 aliphatic rings. The van der Waals surface area contributed by atoms with Crippen LogP contribution in [-0.4, -0.2) is 5.97 Å². The molecule has 1 aromatic rings. The second-order valence-electron chi connectivity index (χ2n) is 2.08. The second kappa shape index (κ2) is 3.39. The normalized spacial score (nSPS) is 9.55. The monoisotopic (exact) mass is 169 g/mol. The van der Waals surface area contributed by atoms with Crippen molar-refractivity contribution in [1.29, 1.82) is 0 Å². The van der Waals surface area contributed by atoms with Crippen LogP contribution >= 0.6 is 11.6 Å². The van der Waals surface area contributed by atoms with Gasteiger partial charge in [-0.05, 0) is 5.56 Å². The molecule has 3 heteroatoms. The maximum atomic E-state index is 10.4. The van der Waals surface area contributed by atoms with Crippen LogP contribution in [-0.2, 0) is 5.88 Å². The van der Waals surface area contributed by atoms with Gasteiger partial charge in [-0.3, -0.25) is 0 Å². The van der Waals surface area contributed by atoms with Crippen LogP contribution in [0.25, 0.3) is 0 Å². The lowest BCUT2D eigenvalue weighted by Crippen LogP contribution is -2.23. The summed E-state index contributed by atoms with van der Waals surface area (Å²) in [7, 11) is 0. The van der Waals surface area contributed by atoms with Crippen molar-refractivity contribution in [3.05, 3.63) is 35.4 Å². The van der Waals surface area contributed by atoms with Crippen molar-refractivity contribution in [2.75, 3.05) is 0 Å². The van der Waals surface area contributed by atoms with E-state index in [0.717, 1.165) is 0 Å². The molecule has 0 spiro atoms. The SMILES string of the molecule is O=C([O-])c1ccccc1CCl. The van der Waals surface area contributed by atoms with Crippen molar-refractivity contribution in [1.82, 2.24) is 0 Å². The van der Waals surface area contributed by atoms with Gasteiger partial charge < -0.3 is 9.90 Å². The van der Waals surface area contributed by atoms with Crippen molar-refractivity contribution < 1.29 is 9.90 Å². The average molecular weight is 170 g/mol. The Labute approximate surface area is 69.4 Å². The van der Waals surface area contributed by atoms with Crippen molar-refractivity contribution in [3.63, 3.8) is 0 Å². The summed E-state index contributed by atoms with van der Waals surface area (Å²) in [6.07, 6.45) is 0. The van der Waals surface area contributed by atoms with E-state index in [0.29, 0.717) is 5.56 Å². The van der Waals surface area contributed by atoms with Crippen molar-refractivity contribution in [3.8, 4) is 0 Å². The Morgan fingerprint density at radius 2 is 2.09 bits per heavy atom. The standard InChI is InChI=1S/C8H7ClO2/c9-5-6-3-1-2-4-7(6)8(10)11/h1-4H,5H2,(H,10,11)/p-1. The number of alkyl halides is 1. The van der Waals surface area contributed by atoms with E-state index in [1.165, 1.54) is 6.07 Å². The number of benzene rings is 1. The molecule has 0 radical (unpaired) electrons. The lowest BCUT2D eigenvalue weighted by molar-refractivity contribution is -0.255. The molecule has 0 N–H and O–H groups in total. The Morgan fingerprint density at radius 1 is 1.45 bits per heavy atom. The zero-order valence-electron chi connectivity index (χ0n) is 5.71. The van der Waals surface area contributed by atoms with Gasteiger partial charge in [-0.15, -0.1) is 11.6 Å². The molecular weight excluding hydrogens is 164 g/mol. The van der Waals surface area contributed by atoms with Crippen LogP contribution in [0.2, 0.25) is 0 Å². The molecule has 0 saturated heterocycles. The maximum Gasteiger partial charge on any atom is 0.0718 e. The summed E-state index contributed by atoms with van der Waals surface area (Å²) in [5.74, 6) is -0.981. The third kappa shape index (κ3) is 1.71. The third-order valence-electron chi connectivity index (χ3n) is 1.38. The molecule has 0 fully saturated rings. The quantitative estimate of drug-likeness (QED) is 0.615. The number of hydrogen-bond acceptors (Lipinski definition) is 2. The van der Waals surface area contributed by atoms with E-state index in [4.69, 9.17) is 11.6 Å². The van der Waals surface area contributed by atoms with Gasteiger partial charge in [-0.25, -0.2) is 0 Å². The molecule has 2 nitrogen and oxygen atoms in total. The molecular formula is C8H6ClO2-. The van der Waals surface area contributed by atoms with E-state index in [9.17, 15) is 9.90 Å². The van der Waals surface area contributed by atoms with E-state index in [-0.39, 0.29) is 11.4 Å². The number of aromatic carboxylic acids is 1. The first-order chi connectivity index (χ1) is 5.25. The number of rotatable bonds is 2. The molecule has 0 bridgehead atoms. The minimum atomic E-state index is -1.18. The van der Waals surface area contributed by atoms with Gasteiger partial charge in [0.15, 0.2) is 0 Å². The van der Waals surface area contributed by atoms with Gasteiger partial charge in [0.05, 0.1) is 5.97 Å². The first kappa shape index (κ1) is 8.08. The fraction of sp³-hybridized carbons (Fsp3) is 0.125. The van der Waals surface area contributed by atoms with Crippen LogP contribution in [0.5, 0.6) is 0 Å². The number of carbonyl (C=O) groups excluding carboxylic acids is 1. The molecule has 1 aromatic carbocycles. The molecule has 11 heavy (non-hydrogen) atoms. The fourth-order valence-electron chi connectivity index (χ4n) is 0.836. The second-order valence-corrected chi connectivity index (χ2v) is 2.35. The Bertz CT molecular complexity index is 271. The smallest absolute Gasteiger partial charge is 0.0718 e. The van der Waals surface area contributed by atoms with Crippen molar-refractivity contribution >= 4 is 17.6 Å². The first-order valence-corrected chi connectivity index (χ1v) is 3.64. The molecule has 0 heterocycles. The van der Waals surface area contributed by atoms with E-state index in [2.05, 4.69) is 0 Å². The number of hydrogen-bond donors (Lipinski definition) is 0. The van der Waals surface area contributed by atoms with Gasteiger partial charge in [-0.2, -0.15) is 0 Å². The van der Waals surface area contributed by atoms with Gasteiger partial charge >= 0.3 is 0 Å². The highest BCUT2D eigenvalue weighted by atomic mass is 35.5. The minimum Gasteiger partial charge on any atom is -0.545 e. The summed E-state index contributed by atoms with van der Waals surface area (Å²) in [4.78, 5) is 10.4. The Balaban J connectivity index is 3.12. The Kier molecular flexibility index (Phi) is 2.49. The Morgan fingerprint density at radius 3 is 2.55 bits per heavy atom. The van der Waals surface area contributed by atoms with Gasteiger partial charge in [0.25, 0.3) is 0 Å². The van der Waals surface area contributed by atoms with E-state index in [1.54, 1.807) is 18.2 Å². The highest BCUT2D eigenvalue weighted by molar-refractivity contribution is 6.17. The maximum absolute atomic E-state index is 10.4. The van der Waals surface area contributed by atoms with Gasteiger partial charge in [0.2, 0.25) is 0 Å². The van der Waals surface area contributed by atoms with Gasteiger partial charge in [0.1, 0.15) is 0 Å². The minimum absolute atomic E-state index is 0.169. The zero-order chi connectivity index (χ0) is 8.27. The molecule has 0 aliphatic heterocycles. The van der Waals surface area contributed by atoms with Crippen LogP contribution in [0.3, 0.4) is 0 Å². The predicted molar refractivity (Wildman–Crippen MR) is 40.3 cm³/mol. The Hall–Kier alpha value is -1.02. The molecule has 0 saturated carbocycles. The molecule has 0 aliphatic carbocycles. The van der Waals surface area contributed by atoms with Crippen molar-refractivity contribution in [2.24, 2.45) is 0 Å². The summed E-state index contributed by atoms with van der Waals surface area (Å²) in [6, 6.07) is 6.52. The first-order valence-electron chi connectivity index (χ1n) is 3.11. The molecule has 0 amide bonds. The molecule has 0 atom stereocenters. The largest absolute Gasteiger partial charge is 0.545 e. The topological polar surface area (TPSA) is 40.1 Å². The summed E-state index contributed by atoms with van der Waals surface area (Å²) in [6.45, 7) is 0. The van der Waals surface area contributed by atoms with Crippen LogP contribution in [0.15, 0.2) is 24.3 Å². The lowest BCUT2D eigenvalue weighted by atomic mass is 10.1. The predicted octanol–water partition coefficient (Wildman–Crippen LogP) is 0.789. The molecule has 1 rings (SSSR count). The summed E-state index contributed by atoms with van der Waals surface area (Å²) >= 11 is 5.49. The van der Waals surface area contributed by atoms with Crippen LogP contribution < -0.4 is 5.11 Å². The van der Waals surface area contributed by atoms with Gasteiger partial charge in [-0.1, -0.05) is 24.3 Å². The fourth-order valence-corrected chi connectivity index (χ4v) is 1.07. The van der Waals surface area contributed by atoms with Crippen LogP contribution in [0.1, 0.15) is 15.9 Å². The zero-order valence-corrected chi connectivity index (χ0v) is 6.47. The van der Waals surface area contributed by atoms with Crippen LogP contribution in [0.4, 0.5) is 0 Å². The van der Waals surface area contributed by atoms with Gasteiger partial charge in [0, 0.05) is 11.4 Å². The van der Waals surface area contributed by atoms with E-state index < -0.39 is 5.97 Å². The highest BCUT2D eigenvalue weighted by Gasteiger charge is 1.98. The average Bonchev–Trinajstić information content (AvgIpc) is 2.04. The number of carboxylic acid groups (broad SMARTS) is 1. The number of carboxylic acids is 1. The number of carbonyl (C=O) groups is 1. The van der Waals surface area contributed by atoms with E-state index in [1.807, 2.05) is 0 Å².